The largest absolute Gasteiger partial charge is 0.0651 e. The van der Waals surface area contributed by atoms with Crippen molar-refractivity contribution in [3.8, 4) is 0 Å². The van der Waals surface area contributed by atoms with Crippen molar-refractivity contribution in [2.45, 2.75) is 60.3 Å². The number of hydrogen-bond donors (Lipinski definition) is 0. The van der Waals surface area contributed by atoms with Gasteiger partial charge in [-0.1, -0.05) is 53.9 Å². The Kier molecular flexibility index (Phi) is 6.51. The third-order valence-electron chi connectivity index (χ3n) is 2.74. The van der Waals surface area contributed by atoms with Gasteiger partial charge in [-0.05, 0) is 24.2 Å². The smallest absolute Gasteiger partial charge is 0.0440 e. The zero-order valence-electron chi connectivity index (χ0n) is 9.56. The average molecular weight is 170 g/mol. The van der Waals surface area contributed by atoms with Crippen LogP contribution in [0.2, 0.25) is 0 Å². The fourth-order valence-electron chi connectivity index (χ4n) is 1.59. The maximum absolute atomic E-state index is 2.40. The summed E-state index contributed by atoms with van der Waals surface area (Å²) in [7, 11) is 0. The van der Waals surface area contributed by atoms with E-state index in [-0.39, 0.29) is 0 Å². The average Bonchev–Trinajstić information content (AvgIpc) is 2.00. The highest BCUT2D eigenvalue weighted by molar-refractivity contribution is 4.59. The van der Waals surface area contributed by atoms with Gasteiger partial charge in [0, 0.05) is 0 Å². The summed E-state index contributed by atoms with van der Waals surface area (Å²) >= 11 is 0. The summed E-state index contributed by atoms with van der Waals surface area (Å²) in [5.74, 6) is 2.74. The van der Waals surface area contributed by atoms with Gasteiger partial charge < -0.3 is 0 Å². The second-order valence-electron chi connectivity index (χ2n) is 4.83. The fourth-order valence-corrected chi connectivity index (χ4v) is 1.59. The van der Waals surface area contributed by atoms with E-state index in [1.807, 2.05) is 0 Å². The Morgan fingerprint density at radius 3 is 1.83 bits per heavy atom. The quantitative estimate of drug-likeness (QED) is 0.551. The molecule has 0 aliphatic heterocycles. The van der Waals surface area contributed by atoms with E-state index < -0.39 is 0 Å². The highest BCUT2D eigenvalue weighted by Gasteiger charge is 2.07. The minimum atomic E-state index is 0.879. The lowest BCUT2D eigenvalue weighted by Crippen LogP contribution is -2.03. The standard InChI is InChI=1S/C12H26/c1-6-11(4)9-12(5)8-7-10(2)3/h10-12H,6-9H2,1-5H3. The van der Waals surface area contributed by atoms with Gasteiger partial charge in [-0.3, -0.25) is 0 Å². The van der Waals surface area contributed by atoms with Crippen molar-refractivity contribution >= 4 is 0 Å². The van der Waals surface area contributed by atoms with Gasteiger partial charge in [0.25, 0.3) is 0 Å². The molecule has 0 rings (SSSR count). The molecular weight excluding hydrogens is 144 g/mol. The van der Waals surface area contributed by atoms with Gasteiger partial charge in [-0.15, -0.1) is 0 Å². The SMILES string of the molecule is CCC(C)CC(C)CCC(C)C. The van der Waals surface area contributed by atoms with Crippen LogP contribution in [0.1, 0.15) is 60.3 Å². The lowest BCUT2D eigenvalue weighted by molar-refractivity contribution is 0.361. The van der Waals surface area contributed by atoms with Crippen LogP contribution in [0.4, 0.5) is 0 Å². The third kappa shape index (κ3) is 6.69. The van der Waals surface area contributed by atoms with Crippen LogP contribution in [0.3, 0.4) is 0 Å². The Balaban J connectivity index is 3.39. The zero-order chi connectivity index (χ0) is 9.56. The molecule has 0 spiro atoms. The van der Waals surface area contributed by atoms with Crippen LogP contribution < -0.4 is 0 Å². The van der Waals surface area contributed by atoms with Crippen LogP contribution >= 0.6 is 0 Å². The van der Waals surface area contributed by atoms with Crippen molar-refractivity contribution in [3.05, 3.63) is 0 Å². The third-order valence-corrected chi connectivity index (χ3v) is 2.74. The van der Waals surface area contributed by atoms with E-state index in [0.29, 0.717) is 0 Å². The van der Waals surface area contributed by atoms with E-state index in [4.69, 9.17) is 0 Å². The molecule has 0 saturated heterocycles. The molecular formula is C12H26. The summed E-state index contributed by atoms with van der Waals surface area (Å²) in [5.41, 5.74) is 0. The van der Waals surface area contributed by atoms with Crippen LogP contribution in [-0.4, -0.2) is 0 Å². The summed E-state index contributed by atoms with van der Waals surface area (Å²) in [6, 6.07) is 0. The Morgan fingerprint density at radius 2 is 1.42 bits per heavy atom. The molecule has 0 heteroatoms. The molecule has 0 fully saturated rings. The first kappa shape index (κ1) is 12.0. The predicted octanol–water partition coefficient (Wildman–Crippen LogP) is 4.49. The molecule has 0 N–H and O–H groups in total. The summed E-state index contributed by atoms with van der Waals surface area (Å²) in [4.78, 5) is 0. The van der Waals surface area contributed by atoms with Gasteiger partial charge in [0.1, 0.15) is 0 Å². The van der Waals surface area contributed by atoms with E-state index >= 15 is 0 Å². The molecule has 0 bridgehead atoms. The highest BCUT2D eigenvalue weighted by Crippen LogP contribution is 2.20. The molecule has 2 atom stereocenters. The second kappa shape index (κ2) is 6.51. The zero-order valence-corrected chi connectivity index (χ0v) is 9.56. The molecule has 0 amide bonds. The van der Waals surface area contributed by atoms with Crippen molar-refractivity contribution in [3.63, 3.8) is 0 Å². The number of rotatable bonds is 6. The molecule has 0 radical (unpaired) electrons. The minimum Gasteiger partial charge on any atom is -0.0651 e. The highest BCUT2D eigenvalue weighted by atomic mass is 14.1. The van der Waals surface area contributed by atoms with E-state index in [9.17, 15) is 0 Å². The molecule has 0 heterocycles. The van der Waals surface area contributed by atoms with Gasteiger partial charge >= 0.3 is 0 Å². The maximum atomic E-state index is 2.40. The summed E-state index contributed by atoms with van der Waals surface area (Å²) in [6.45, 7) is 11.7. The Morgan fingerprint density at radius 1 is 0.833 bits per heavy atom. The van der Waals surface area contributed by atoms with Crippen molar-refractivity contribution in [2.24, 2.45) is 17.8 Å². The number of hydrogen-bond acceptors (Lipinski definition) is 0. The first-order chi connectivity index (χ1) is 5.56. The van der Waals surface area contributed by atoms with Crippen molar-refractivity contribution in [1.82, 2.24) is 0 Å². The molecule has 0 aromatic heterocycles. The van der Waals surface area contributed by atoms with Crippen LogP contribution in [0.25, 0.3) is 0 Å². The van der Waals surface area contributed by atoms with Crippen molar-refractivity contribution in [1.29, 1.82) is 0 Å². The Labute approximate surface area is 78.8 Å². The van der Waals surface area contributed by atoms with Crippen LogP contribution in [-0.2, 0) is 0 Å². The maximum Gasteiger partial charge on any atom is -0.0440 e. The first-order valence-electron chi connectivity index (χ1n) is 5.56. The lowest BCUT2D eigenvalue weighted by atomic mass is 9.90. The van der Waals surface area contributed by atoms with Gasteiger partial charge in [-0.2, -0.15) is 0 Å². The molecule has 0 saturated carbocycles. The van der Waals surface area contributed by atoms with E-state index in [1.54, 1.807) is 0 Å². The molecule has 2 unspecified atom stereocenters. The topological polar surface area (TPSA) is 0 Å². The molecule has 0 aliphatic carbocycles. The molecule has 0 aliphatic rings. The fraction of sp³-hybridized carbons (Fsp3) is 1.00. The molecule has 74 valence electrons. The second-order valence-corrected chi connectivity index (χ2v) is 4.83. The lowest BCUT2D eigenvalue weighted by Gasteiger charge is -2.16. The van der Waals surface area contributed by atoms with Crippen LogP contribution in [0.15, 0.2) is 0 Å². The Hall–Kier alpha value is 0. The van der Waals surface area contributed by atoms with Gasteiger partial charge in [0.15, 0.2) is 0 Å². The van der Waals surface area contributed by atoms with E-state index in [0.717, 1.165) is 17.8 Å². The van der Waals surface area contributed by atoms with Crippen LogP contribution in [0.5, 0.6) is 0 Å². The first-order valence-corrected chi connectivity index (χ1v) is 5.56. The van der Waals surface area contributed by atoms with E-state index in [1.165, 1.54) is 25.7 Å². The van der Waals surface area contributed by atoms with Gasteiger partial charge in [0.2, 0.25) is 0 Å². The minimum absolute atomic E-state index is 0.879. The molecule has 0 nitrogen and oxygen atoms in total. The molecule has 0 aromatic rings. The molecule has 12 heavy (non-hydrogen) atoms. The summed E-state index contributed by atoms with van der Waals surface area (Å²) in [6.07, 6.45) is 5.58. The van der Waals surface area contributed by atoms with Gasteiger partial charge in [-0.25, -0.2) is 0 Å². The van der Waals surface area contributed by atoms with Crippen LogP contribution in [0, 0.1) is 17.8 Å². The predicted molar refractivity (Wildman–Crippen MR) is 57.3 cm³/mol. The molecule has 0 aromatic carbocycles. The van der Waals surface area contributed by atoms with Gasteiger partial charge in [0.05, 0.1) is 0 Å². The summed E-state index contributed by atoms with van der Waals surface area (Å²) in [5, 5.41) is 0. The van der Waals surface area contributed by atoms with E-state index in [2.05, 4.69) is 34.6 Å². The van der Waals surface area contributed by atoms with Crippen molar-refractivity contribution < 1.29 is 0 Å². The summed E-state index contributed by atoms with van der Waals surface area (Å²) < 4.78 is 0. The Bertz CT molecular complexity index is 94.2. The van der Waals surface area contributed by atoms with Crippen molar-refractivity contribution in [2.75, 3.05) is 0 Å². The normalized spacial score (nSPS) is 16.5. The monoisotopic (exact) mass is 170 g/mol.